The maximum absolute atomic E-state index is 10.5. The Morgan fingerprint density at radius 3 is 2.73 bits per heavy atom. The van der Waals surface area contributed by atoms with Gasteiger partial charge in [-0.25, -0.2) is 9.78 Å². The number of nitrogens with one attached hydrogen (secondary N) is 1. The third-order valence-corrected chi connectivity index (χ3v) is 4.79. The summed E-state index contributed by atoms with van der Waals surface area (Å²) in [6, 6.07) is 7.56. The Labute approximate surface area is 157 Å². The molecule has 0 spiro atoms. The van der Waals surface area contributed by atoms with Crippen molar-refractivity contribution in [3.8, 4) is 5.75 Å². The van der Waals surface area contributed by atoms with Crippen molar-refractivity contribution >= 4 is 17.3 Å². The van der Waals surface area contributed by atoms with Crippen molar-refractivity contribution in [3.05, 3.63) is 45.9 Å². The van der Waals surface area contributed by atoms with Gasteiger partial charge in [-0.05, 0) is 43.9 Å². The molecule has 0 aliphatic heterocycles. The molecule has 0 aliphatic carbocycles. The zero-order chi connectivity index (χ0) is 18.9. The molecule has 26 heavy (non-hydrogen) atoms. The second-order valence-corrected chi connectivity index (χ2v) is 7.21. The minimum Gasteiger partial charge on any atom is -0.482 e. The summed E-state index contributed by atoms with van der Waals surface area (Å²) in [6.45, 7) is 4.29. The van der Waals surface area contributed by atoms with Crippen LogP contribution in [0.2, 0.25) is 0 Å². The lowest BCUT2D eigenvalue weighted by atomic mass is 10.1. The van der Waals surface area contributed by atoms with E-state index in [-0.39, 0.29) is 12.6 Å². The molecule has 1 aromatic heterocycles. The van der Waals surface area contributed by atoms with Crippen molar-refractivity contribution in [2.24, 2.45) is 0 Å². The number of benzene rings is 1. The number of aromatic nitrogens is 1. The number of aryl methyl sites for hydroxylation is 1. The Balaban J connectivity index is 1.76. The van der Waals surface area contributed by atoms with Crippen LogP contribution in [0.4, 0.5) is 0 Å². The summed E-state index contributed by atoms with van der Waals surface area (Å²) >= 11 is 1.60. The summed E-state index contributed by atoms with van der Waals surface area (Å²) in [4.78, 5) is 15.0. The molecule has 3 N–H and O–H groups in total. The third-order valence-electron chi connectivity index (χ3n) is 3.86. The average Bonchev–Trinajstić information content (AvgIpc) is 3.08. The van der Waals surface area contributed by atoms with E-state index in [4.69, 9.17) is 9.84 Å². The number of aliphatic hydroxyl groups is 1. The van der Waals surface area contributed by atoms with E-state index in [1.807, 2.05) is 17.5 Å². The first kappa shape index (κ1) is 20.4. The Bertz CT molecular complexity index is 687. The molecule has 0 saturated carbocycles. The zero-order valence-corrected chi connectivity index (χ0v) is 16.0. The summed E-state index contributed by atoms with van der Waals surface area (Å²) in [5.74, 6) is -0.453. The minimum absolute atomic E-state index is 0.184. The molecule has 1 heterocycles. The fourth-order valence-electron chi connectivity index (χ4n) is 2.52. The van der Waals surface area contributed by atoms with E-state index < -0.39 is 12.1 Å². The van der Waals surface area contributed by atoms with Gasteiger partial charge in [0.05, 0.1) is 10.7 Å². The fraction of sp³-hybridized carbons (Fsp3) is 0.474. The number of aliphatic carboxylic acids is 1. The molecule has 0 bridgehead atoms. The first-order valence-corrected chi connectivity index (χ1v) is 9.65. The third kappa shape index (κ3) is 6.74. The largest absolute Gasteiger partial charge is 0.482 e. The number of carboxylic acids is 1. The van der Waals surface area contributed by atoms with Gasteiger partial charge in [0.1, 0.15) is 11.9 Å². The van der Waals surface area contributed by atoms with Crippen LogP contribution in [0.5, 0.6) is 5.75 Å². The maximum atomic E-state index is 10.5. The Kier molecular flexibility index (Phi) is 8.03. The van der Waals surface area contributed by atoms with Crippen LogP contribution in [-0.4, -0.2) is 40.4 Å². The highest BCUT2D eigenvalue weighted by atomic mass is 32.1. The number of aliphatic hydroxyl groups excluding tert-OH is 1. The Morgan fingerprint density at radius 2 is 2.08 bits per heavy atom. The predicted molar refractivity (Wildman–Crippen MR) is 102 cm³/mol. The van der Waals surface area contributed by atoms with Gasteiger partial charge in [-0.3, -0.25) is 0 Å². The van der Waals surface area contributed by atoms with Crippen molar-refractivity contribution in [3.63, 3.8) is 0 Å². The lowest BCUT2D eigenvalue weighted by Gasteiger charge is -2.16. The molecule has 2 aromatic rings. The van der Waals surface area contributed by atoms with E-state index in [0.717, 1.165) is 35.5 Å². The highest BCUT2D eigenvalue weighted by molar-refractivity contribution is 7.09. The first-order chi connectivity index (χ1) is 12.5. The van der Waals surface area contributed by atoms with Gasteiger partial charge in [0.25, 0.3) is 0 Å². The molecule has 2 atom stereocenters. The van der Waals surface area contributed by atoms with Crippen LogP contribution >= 0.6 is 11.3 Å². The molecule has 7 heteroatoms. The van der Waals surface area contributed by atoms with E-state index >= 15 is 0 Å². The molecule has 142 valence electrons. The second-order valence-electron chi connectivity index (χ2n) is 6.27. The van der Waals surface area contributed by atoms with Crippen LogP contribution in [0, 0.1) is 0 Å². The Hall–Kier alpha value is -1.96. The van der Waals surface area contributed by atoms with Gasteiger partial charge in [-0.2, -0.15) is 0 Å². The minimum atomic E-state index is -0.993. The van der Waals surface area contributed by atoms with E-state index in [1.165, 1.54) is 0 Å². The molecule has 2 rings (SSSR count). The van der Waals surface area contributed by atoms with E-state index in [0.29, 0.717) is 12.3 Å². The molecule has 0 amide bonds. The number of ether oxygens (including phenoxy) is 1. The van der Waals surface area contributed by atoms with Gasteiger partial charge in [-0.1, -0.05) is 19.1 Å². The standard InChI is InChI=1S/C19H26N2O4S/c1-3-4-18-21-16(12-26-18)17(22)10-20-13(2)9-14-5-7-15(8-6-14)25-11-19(23)24/h5-8,12-13,17,20,22H,3-4,9-11H2,1-2H3,(H,23,24). The van der Waals surface area contributed by atoms with Gasteiger partial charge in [0.2, 0.25) is 0 Å². The summed E-state index contributed by atoms with van der Waals surface area (Å²) in [5, 5.41) is 25.2. The van der Waals surface area contributed by atoms with E-state index in [1.54, 1.807) is 23.5 Å². The smallest absolute Gasteiger partial charge is 0.341 e. The topological polar surface area (TPSA) is 91.7 Å². The number of rotatable bonds is 11. The second kappa shape index (κ2) is 10.3. The molecule has 0 aliphatic rings. The number of carboxylic acid groups (broad SMARTS) is 1. The van der Waals surface area contributed by atoms with Gasteiger partial charge < -0.3 is 20.3 Å². The highest BCUT2D eigenvalue weighted by Gasteiger charge is 2.13. The fourth-order valence-corrected chi connectivity index (χ4v) is 3.46. The monoisotopic (exact) mass is 378 g/mol. The SMILES string of the molecule is CCCc1nc(C(O)CNC(C)Cc2ccc(OCC(=O)O)cc2)cs1. The summed E-state index contributed by atoms with van der Waals surface area (Å²) in [5.41, 5.74) is 1.85. The van der Waals surface area contributed by atoms with Crippen LogP contribution in [0.3, 0.4) is 0 Å². The van der Waals surface area contributed by atoms with Crippen molar-refractivity contribution in [1.29, 1.82) is 0 Å². The lowest BCUT2D eigenvalue weighted by molar-refractivity contribution is -0.139. The van der Waals surface area contributed by atoms with Gasteiger partial charge in [0, 0.05) is 18.0 Å². The van der Waals surface area contributed by atoms with Crippen molar-refractivity contribution in [2.75, 3.05) is 13.2 Å². The number of thiazole rings is 1. The van der Waals surface area contributed by atoms with Crippen LogP contribution in [0.25, 0.3) is 0 Å². The predicted octanol–water partition coefficient (Wildman–Crippen LogP) is 2.81. The lowest BCUT2D eigenvalue weighted by Crippen LogP contribution is -2.32. The molecule has 1 aromatic carbocycles. The van der Waals surface area contributed by atoms with Crippen LogP contribution in [0.1, 0.15) is 42.6 Å². The van der Waals surface area contributed by atoms with Crippen molar-refractivity contribution in [2.45, 2.75) is 45.3 Å². The average molecular weight is 378 g/mol. The molecule has 0 fully saturated rings. The molecule has 6 nitrogen and oxygen atoms in total. The van der Waals surface area contributed by atoms with Gasteiger partial charge in [-0.15, -0.1) is 11.3 Å². The Morgan fingerprint density at radius 1 is 1.35 bits per heavy atom. The highest BCUT2D eigenvalue weighted by Crippen LogP contribution is 2.18. The molecular formula is C19H26N2O4S. The number of hydrogen-bond acceptors (Lipinski definition) is 6. The van der Waals surface area contributed by atoms with Crippen molar-refractivity contribution < 1.29 is 19.7 Å². The molecule has 0 saturated heterocycles. The number of hydrogen-bond donors (Lipinski definition) is 3. The maximum Gasteiger partial charge on any atom is 0.341 e. The first-order valence-electron chi connectivity index (χ1n) is 8.77. The van der Waals surface area contributed by atoms with E-state index in [9.17, 15) is 9.90 Å². The summed E-state index contributed by atoms with van der Waals surface area (Å²) in [6.07, 6.45) is 2.20. The van der Waals surface area contributed by atoms with Crippen LogP contribution < -0.4 is 10.1 Å². The summed E-state index contributed by atoms with van der Waals surface area (Å²) < 4.78 is 5.12. The van der Waals surface area contributed by atoms with E-state index in [2.05, 4.69) is 24.1 Å². The zero-order valence-electron chi connectivity index (χ0n) is 15.1. The van der Waals surface area contributed by atoms with Crippen LogP contribution in [0.15, 0.2) is 29.6 Å². The van der Waals surface area contributed by atoms with Gasteiger partial charge >= 0.3 is 5.97 Å². The quantitative estimate of drug-likeness (QED) is 0.557. The van der Waals surface area contributed by atoms with Gasteiger partial charge in [0.15, 0.2) is 6.61 Å². The number of nitrogens with zero attached hydrogens (tertiary/aromatic N) is 1. The normalized spacial score (nSPS) is 13.3. The molecular weight excluding hydrogens is 352 g/mol. The van der Waals surface area contributed by atoms with Crippen LogP contribution in [-0.2, 0) is 17.6 Å². The molecule has 2 unspecified atom stereocenters. The van der Waals surface area contributed by atoms with Crippen molar-refractivity contribution in [1.82, 2.24) is 10.3 Å². The summed E-state index contributed by atoms with van der Waals surface area (Å²) in [7, 11) is 0. The number of carbonyl (C=O) groups is 1. The molecule has 0 radical (unpaired) electrons.